The summed E-state index contributed by atoms with van der Waals surface area (Å²) in [5.41, 5.74) is 1.78. The molecule has 104 valence electrons. The van der Waals surface area contributed by atoms with Gasteiger partial charge in [-0.05, 0) is 41.5 Å². The number of phenolic OH excluding ortho intramolecular Hbond substituents is 1. The van der Waals surface area contributed by atoms with Gasteiger partial charge in [0, 0.05) is 10.0 Å². The van der Waals surface area contributed by atoms with Crippen LogP contribution in [0.25, 0.3) is 11.1 Å². The van der Waals surface area contributed by atoms with Crippen molar-refractivity contribution in [3.05, 3.63) is 52.5 Å². The summed E-state index contributed by atoms with van der Waals surface area (Å²) in [6.07, 6.45) is 0. The average molecular weight is 299 g/mol. The van der Waals surface area contributed by atoms with Crippen LogP contribution in [-0.4, -0.2) is 5.11 Å². The van der Waals surface area contributed by atoms with Crippen LogP contribution in [0.15, 0.2) is 42.5 Å². The van der Waals surface area contributed by atoms with Crippen LogP contribution < -0.4 is 0 Å². The molecule has 0 radical (unpaired) electrons. The molecule has 0 atom stereocenters. The third-order valence-electron chi connectivity index (χ3n) is 2.04. The Kier molecular flexibility index (Phi) is 9.11. The van der Waals surface area contributed by atoms with Crippen LogP contribution >= 0.6 is 23.2 Å². The highest BCUT2D eigenvalue weighted by atomic mass is 35.5. The van der Waals surface area contributed by atoms with Crippen LogP contribution in [0.3, 0.4) is 0 Å². The first-order valence-corrected chi connectivity index (χ1v) is 7.16. The van der Waals surface area contributed by atoms with Gasteiger partial charge >= 0.3 is 0 Å². The molecule has 0 spiro atoms. The van der Waals surface area contributed by atoms with Crippen molar-refractivity contribution >= 4 is 23.2 Å². The zero-order valence-electron chi connectivity index (χ0n) is 11.7. The molecule has 0 saturated carbocycles. The van der Waals surface area contributed by atoms with Gasteiger partial charge in [0.1, 0.15) is 5.75 Å². The molecule has 0 aromatic heterocycles. The zero-order valence-corrected chi connectivity index (χ0v) is 13.3. The van der Waals surface area contributed by atoms with Gasteiger partial charge in [0.25, 0.3) is 0 Å². The summed E-state index contributed by atoms with van der Waals surface area (Å²) in [4.78, 5) is 0. The Hall–Kier alpha value is -1.18. The quantitative estimate of drug-likeness (QED) is 0.644. The SMILES string of the molecule is CC.CC.Oc1cccc(-c2cc(Cl)cc(Cl)c2)c1. The van der Waals surface area contributed by atoms with E-state index in [1.165, 1.54) is 0 Å². The van der Waals surface area contributed by atoms with E-state index in [9.17, 15) is 5.11 Å². The third-order valence-corrected chi connectivity index (χ3v) is 2.48. The van der Waals surface area contributed by atoms with E-state index in [2.05, 4.69) is 0 Å². The zero-order chi connectivity index (χ0) is 14.8. The van der Waals surface area contributed by atoms with Crippen LogP contribution in [0, 0.1) is 0 Å². The molecule has 3 heteroatoms. The van der Waals surface area contributed by atoms with E-state index in [0.717, 1.165) is 11.1 Å². The first kappa shape index (κ1) is 17.8. The number of phenols is 1. The fraction of sp³-hybridized carbons (Fsp3) is 0.250. The molecule has 19 heavy (non-hydrogen) atoms. The summed E-state index contributed by atoms with van der Waals surface area (Å²) >= 11 is 11.8. The summed E-state index contributed by atoms with van der Waals surface area (Å²) in [6, 6.07) is 12.2. The number of hydrogen-bond acceptors (Lipinski definition) is 1. The van der Waals surface area contributed by atoms with Gasteiger partial charge in [-0.3, -0.25) is 0 Å². The Balaban J connectivity index is 0.000000741. The predicted octanol–water partition coefficient (Wildman–Crippen LogP) is 6.42. The maximum atomic E-state index is 9.35. The van der Waals surface area contributed by atoms with Gasteiger partial charge in [-0.2, -0.15) is 0 Å². The minimum Gasteiger partial charge on any atom is -0.508 e. The van der Waals surface area contributed by atoms with Gasteiger partial charge in [0.05, 0.1) is 0 Å². The molecule has 1 nitrogen and oxygen atoms in total. The first-order valence-electron chi connectivity index (χ1n) is 6.40. The van der Waals surface area contributed by atoms with E-state index in [0.29, 0.717) is 10.0 Å². The van der Waals surface area contributed by atoms with Gasteiger partial charge in [0.15, 0.2) is 0 Å². The molecule has 0 amide bonds. The normalized spacial score (nSPS) is 8.74. The molecule has 0 bridgehead atoms. The van der Waals surface area contributed by atoms with E-state index in [-0.39, 0.29) is 5.75 Å². The Labute approximate surface area is 125 Å². The minimum atomic E-state index is 0.226. The minimum absolute atomic E-state index is 0.226. The van der Waals surface area contributed by atoms with Crippen LogP contribution in [0.4, 0.5) is 0 Å². The Morgan fingerprint density at radius 2 is 1.26 bits per heavy atom. The lowest BCUT2D eigenvalue weighted by Gasteiger charge is -2.03. The van der Waals surface area contributed by atoms with Gasteiger partial charge in [-0.25, -0.2) is 0 Å². The number of hydrogen-bond donors (Lipinski definition) is 1. The van der Waals surface area contributed by atoms with Crippen molar-refractivity contribution in [3.8, 4) is 16.9 Å². The van der Waals surface area contributed by atoms with Crippen LogP contribution in [0.1, 0.15) is 27.7 Å². The number of rotatable bonds is 1. The van der Waals surface area contributed by atoms with Crippen molar-refractivity contribution in [3.63, 3.8) is 0 Å². The molecule has 2 rings (SSSR count). The molecule has 0 heterocycles. The highest BCUT2D eigenvalue weighted by Crippen LogP contribution is 2.28. The Morgan fingerprint density at radius 1 is 0.737 bits per heavy atom. The van der Waals surface area contributed by atoms with Crippen molar-refractivity contribution in [2.45, 2.75) is 27.7 Å². The number of benzene rings is 2. The highest BCUT2D eigenvalue weighted by Gasteiger charge is 2.01. The lowest BCUT2D eigenvalue weighted by atomic mass is 10.1. The maximum Gasteiger partial charge on any atom is 0.116 e. The summed E-state index contributed by atoms with van der Waals surface area (Å²) in [7, 11) is 0. The average Bonchev–Trinajstić information content (AvgIpc) is 2.42. The standard InChI is InChI=1S/C12H8Cl2O.2C2H6/c13-10-4-9(5-11(14)7-10)8-2-1-3-12(15)6-8;2*1-2/h1-7,15H;2*1-2H3. The molecule has 0 aliphatic heterocycles. The first-order chi connectivity index (χ1) is 9.15. The van der Waals surface area contributed by atoms with E-state index < -0.39 is 0 Å². The van der Waals surface area contributed by atoms with Crippen molar-refractivity contribution in [2.24, 2.45) is 0 Å². The second-order valence-electron chi connectivity index (χ2n) is 3.21. The molecule has 2 aromatic rings. The van der Waals surface area contributed by atoms with Crippen molar-refractivity contribution < 1.29 is 5.11 Å². The summed E-state index contributed by atoms with van der Waals surface area (Å²) < 4.78 is 0. The summed E-state index contributed by atoms with van der Waals surface area (Å²) in [5, 5.41) is 10.5. The van der Waals surface area contributed by atoms with E-state index in [1.807, 2.05) is 45.9 Å². The topological polar surface area (TPSA) is 20.2 Å². The van der Waals surface area contributed by atoms with Crippen LogP contribution in [0.2, 0.25) is 10.0 Å². The fourth-order valence-electron chi connectivity index (χ4n) is 1.41. The van der Waals surface area contributed by atoms with Crippen molar-refractivity contribution in [2.75, 3.05) is 0 Å². The second kappa shape index (κ2) is 9.71. The van der Waals surface area contributed by atoms with E-state index in [1.54, 1.807) is 24.3 Å². The molecule has 0 fully saturated rings. The molecule has 0 aliphatic carbocycles. The van der Waals surface area contributed by atoms with Crippen LogP contribution in [-0.2, 0) is 0 Å². The van der Waals surface area contributed by atoms with Gasteiger partial charge in [-0.1, -0.05) is 63.0 Å². The van der Waals surface area contributed by atoms with Crippen LogP contribution in [0.5, 0.6) is 5.75 Å². The molecule has 2 aromatic carbocycles. The molecular weight excluding hydrogens is 279 g/mol. The molecule has 0 unspecified atom stereocenters. The van der Waals surface area contributed by atoms with Gasteiger partial charge < -0.3 is 5.11 Å². The number of halogens is 2. The fourth-order valence-corrected chi connectivity index (χ4v) is 1.93. The Morgan fingerprint density at radius 3 is 1.74 bits per heavy atom. The van der Waals surface area contributed by atoms with E-state index in [4.69, 9.17) is 23.2 Å². The summed E-state index contributed by atoms with van der Waals surface area (Å²) in [6.45, 7) is 8.00. The second-order valence-corrected chi connectivity index (χ2v) is 4.08. The predicted molar refractivity (Wildman–Crippen MR) is 86.3 cm³/mol. The third kappa shape index (κ3) is 6.00. The Bertz CT molecular complexity index is 476. The number of aromatic hydroxyl groups is 1. The van der Waals surface area contributed by atoms with Gasteiger partial charge in [-0.15, -0.1) is 0 Å². The lowest BCUT2D eigenvalue weighted by Crippen LogP contribution is -1.78. The lowest BCUT2D eigenvalue weighted by molar-refractivity contribution is 0.475. The molecule has 1 N–H and O–H groups in total. The molecule has 0 aliphatic rings. The van der Waals surface area contributed by atoms with Gasteiger partial charge in [0.2, 0.25) is 0 Å². The summed E-state index contributed by atoms with van der Waals surface area (Å²) in [5.74, 6) is 0.226. The largest absolute Gasteiger partial charge is 0.508 e. The van der Waals surface area contributed by atoms with E-state index >= 15 is 0 Å². The molecule has 0 saturated heterocycles. The molecular formula is C16H20Cl2O. The monoisotopic (exact) mass is 298 g/mol. The maximum absolute atomic E-state index is 9.35. The highest BCUT2D eigenvalue weighted by molar-refractivity contribution is 6.35. The van der Waals surface area contributed by atoms with Crippen molar-refractivity contribution in [1.82, 2.24) is 0 Å². The van der Waals surface area contributed by atoms with Crippen molar-refractivity contribution in [1.29, 1.82) is 0 Å². The smallest absolute Gasteiger partial charge is 0.116 e.